The van der Waals surface area contributed by atoms with Crippen molar-refractivity contribution in [2.24, 2.45) is 5.73 Å². The summed E-state index contributed by atoms with van der Waals surface area (Å²) in [6, 6.07) is 1.53. The number of rotatable bonds is 5. The van der Waals surface area contributed by atoms with Crippen LogP contribution in [0.1, 0.15) is 17.3 Å². The van der Waals surface area contributed by atoms with E-state index in [0.717, 1.165) is 15.7 Å². The van der Waals surface area contributed by atoms with Crippen LogP contribution in [0.25, 0.3) is 0 Å². The summed E-state index contributed by atoms with van der Waals surface area (Å²) >= 11 is 6.81. The molecule has 0 amide bonds. The van der Waals surface area contributed by atoms with Gasteiger partial charge in [0.05, 0.1) is 41.8 Å². The Morgan fingerprint density at radius 3 is 2.94 bits per heavy atom. The van der Waals surface area contributed by atoms with Crippen LogP contribution in [-0.4, -0.2) is 23.5 Å². The zero-order valence-corrected chi connectivity index (χ0v) is 12.9. The van der Waals surface area contributed by atoms with E-state index >= 15 is 0 Å². The number of hydrogen-bond donors (Lipinski definition) is 1. The van der Waals surface area contributed by atoms with E-state index in [1.165, 1.54) is 0 Å². The fourth-order valence-electron chi connectivity index (χ4n) is 1.71. The molecular weight excluding hydrogens is 366 g/mol. The molecule has 0 saturated carbocycles. The second-order valence-corrected chi connectivity index (χ2v) is 5.30. The number of aromatic nitrogens is 2. The Balaban J connectivity index is 2.32. The summed E-state index contributed by atoms with van der Waals surface area (Å²) in [4.78, 5) is 0. The fraction of sp³-hybridized carbons (Fsp3) is 0.364. The molecule has 18 heavy (non-hydrogen) atoms. The zero-order valence-electron chi connectivity index (χ0n) is 9.77. The Labute approximate surface area is 122 Å². The third-order valence-electron chi connectivity index (χ3n) is 2.62. The summed E-state index contributed by atoms with van der Waals surface area (Å²) in [5.41, 5.74) is 8.04. The molecule has 0 spiro atoms. The fourth-order valence-corrected chi connectivity index (χ4v) is 2.74. The third kappa shape index (κ3) is 2.69. The lowest BCUT2D eigenvalue weighted by molar-refractivity contribution is 0.182. The van der Waals surface area contributed by atoms with E-state index in [9.17, 15) is 0 Å². The van der Waals surface area contributed by atoms with Crippen molar-refractivity contribution in [2.45, 2.75) is 12.6 Å². The molecule has 1 atom stereocenters. The smallest absolute Gasteiger partial charge is 0.174 e. The predicted molar refractivity (Wildman–Crippen MR) is 74.2 cm³/mol. The first-order valence-corrected chi connectivity index (χ1v) is 6.92. The summed E-state index contributed by atoms with van der Waals surface area (Å²) < 4.78 is 13.6. The first-order chi connectivity index (χ1) is 8.65. The molecule has 0 radical (unpaired) electrons. The molecule has 0 aliphatic carbocycles. The van der Waals surface area contributed by atoms with Crippen LogP contribution in [0.15, 0.2) is 32.1 Å². The number of furan rings is 1. The van der Waals surface area contributed by atoms with Gasteiger partial charge in [0.15, 0.2) is 4.67 Å². The largest absolute Gasteiger partial charge is 0.457 e. The molecule has 2 heterocycles. The van der Waals surface area contributed by atoms with Crippen LogP contribution in [0, 0.1) is 0 Å². The Hall–Kier alpha value is -0.630. The van der Waals surface area contributed by atoms with E-state index in [1.54, 1.807) is 19.6 Å². The minimum Gasteiger partial charge on any atom is -0.457 e. The van der Waals surface area contributed by atoms with E-state index in [4.69, 9.17) is 14.9 Å². The lowest BCUT2D eigenvalue weighted by atomic mass is 10.1. The van der Waals surface area contributed by atoms with Crippen LogP contribution in [0.2, 0.25) is 0 Å². The number of hydrogen-bond acceptors (Lipinski definition) is 4. The lowest BCUT2D eigenvalue weighted by Crippen LogP contribution is -2.19. The molecule has 0 aliphatic heterocycles. The molecular formula is C11H13Br2N3O2. The monoisotopic (exact) mass is 377 g/mol. The molecule has 2 aromatic rings. The highest BCUT2D eigenvalue weighted by atomic mass is 79.9. The quantitative estimate of drug-likeness (QED) is 0.868. The standard InChI is InChI=1S/C11H13Br2N3O2/c1-17-5-3-16-10(8(12)6-15-16)9(14)7-2-4-18-11(7)13/h2,4,6,9H,3,5,14H2,1H3. The molecule has 1 unspecified atom stereocenters. The van der Waals surface area contributed by atoms with E-state index in [-0.39, 0.29) is 6.04 Å². The normalized spacial score (nSPS) is 12.9. The van der Waals surface area contributed by atoms with Crippen molar-refractivity contribution in [3.63, 3.8) is 0 Å². The van der Waals surface area contributed by atoms with E-state index in [0.29, 0.717) is 17.8 Å². The molecule has 5 nitrogen and oxygen atoms in total. The van der Waals surface area contributed by atoms with Gasteiger partial charge in [-0.2, -0.15) is 5.10 Å². The van der Waals surface area contributed by atoms with Gasteiger partial charge in [0.25, 0.3) is 0 Å². The molecule has 98 valence electrons. The Bertz CT molecular complexity index is 524. The van der Waals surface area contributed by atoms with Crippen molar-refractivity contribution in [1.29, 1.82) is 0 Å². The van der Waals surface area contributed by atoms with Crippen LogP contribution in [0.4, 0.5) is 0 Å². The number of ether oxygens (including phenoxy) is 1. The Morgan fingerprint density at radius 1 is 1.56 bits per heavy atom. The first-order valence-electron chi connectivity index (χ1n) is 5.33. The van der Waals surface area contributed by atoms with Crippen molar-refractivity contribution in [3.05, 3.63) is 38.9 Å². The van der Waals surface area contributed by atoms with E-state index < -0.39 is 0 Å². The van der Waals surface area contributed by atoms with Crippen molar-refractivity contribution in [2.75, 3.05) is 13.7 Å². The van der Waals surface area contributed by atoms with Gasteiger partial charge in [-0.3, -0.25) is 4.68 Å². The minimum absolute atomic E-state index is 0.313. The van der Waals surface area contributed by atoms with Gasteiger partial charge < -0.3 is 14.9 Å². The van der Waals surface area contributed by atoms with Crippen LogP contribution >= 0.6 is 31.9 Å². The summed E-state index contributed by atoms with van der Waals surface area (Å²) in [5.74, 6) is 0. The zero-order chi connectivity index (χ0) is 13.1. The SMILES string of the molecule is COCCn1ncc(Br)c1C(N)c1ccoc1Br. The molecule has 0 saturated heterocycles. The molecule has 0 aromatic carbocycles. The average molecular weight is 379 g/mol. The first kappa shape index (κ1) is 13.8. The maximum absolute atomic E-state index is 6.26. The highest BCUT2D eigenvalue weighted by Gasteiger charge is 2.21. The molecule has 2 aromatic heterocycles. The van der Waals surface area contributed by atoms with Gasteiger partial charge in [-0.15, -0.1) is 0 Å². The summed E-state index contributed by atoms with van der Waals surface area (Å²) in [7, 11) is 1.66. The van der Waals surface area contributed by atoms with Gasteiger partial charge in [0, 0.05) is 12.7 Å². The van der Waals surface area contributed by atoms with Crippen LogP contribution in [0.5, 0.6) is 0 Å². The van der Waals surface area contributed by atoms with Crippen LogP contribution in [-0.2, 0) is 11.3 Å². The number of methoxy groups -OCH3 is 1. The summed E-state index contributed by atoms with van der Waals surface area (Å²) in [6.45, 7) is 1.24. The van der Waals surface area contributed by atoms with Gasteiger partial charge in [-0.05, 0) is 37.9 Å². The highest BCUT2D eigenvalue weighted by molar-refractivity contribution is 9.10. The maximum atomic E-state index is 6.26. The second-order valence-electron chi connectivity index (χ2n) is 3.72. The highest BCUT2D eigenvalue weighted by Crippen LogP contribution is 2.31. The maximum Gasteiger partial charge on any atom is 0.174 e. The third-order valence-corrected chi connectivity index (χ3v) is 3.87. The van der Waals surface area contributed by atoms with Crippen LogP contribution in [0.3, 0.4) is 0 Å². The number of nitrogens with zero attached hydrogens (tertiary/aromatic N) is 2. The van der Waals surface area contributed by atoms with Gasteiger partial charge in [0.2, 0.25) is 0 Å². The summed E-state index contributed by atoms with van der Waals surface area (Å²) in [6.07, 6.45) is 3.34. The number of nitrogens with two attached hydrogens (primary N) is 1. The van der Waals surface area contributed by atoms with Crippen molar-refractivity contribution in [1.82, 2.24) is 9.78 Å². The van der Waals surface area contributed by atoms with Crippen molar-refractivity contribution < 1.29 is 9.15 Å². The van der Waals surface area contributed by atoms with E-state index in [2.05, 4.69) is 37.0 Å². The average Bonchev–Trinajstić information content (AvgIpc) is 2.92. The predicted octanol–water partition coefficient (Wildman–Crippen LogP) is 2.70. The van der Waals surface area contributed by atoms with Crippen molar-refractivity contribution >= 4 is 31.9 Å². The second kappa shape index (κ2) is 6.01. The van der Waals surface area contributed by atoms with Gasteiger partial charge in [-0.25, -0.2) is 0 Å². The summed E-state index contributed by atoms with van der Waals surface area (Å²) in [5, 5.41) is 4.28. The number of halogens is 2. The van der Waals surface area contributed by atoms with Gasteiger partial charge in [-0.1, -0.05) is 0 Å². The minimum atomic E-state index is -0.313. The van der Waals surface area contributed by atoms with Crippen LogP contribution < -0.4 is 5.73 Å². The molecule has 0 aliphatic rings. The van der Waals surface area contributed by atoms with E-state index in [1.807, 2.05) is 10.7 Å². The molecule has 0 bridgehead atoms. The Kier molecular flexibility index (Phi) is 4.60. The molecule has 2 rings (SSSR count). The molecule has 2 N–H and O–H groups in total. The van der Waals surface area contributed by atoms with Gasteiger partial charge in [0.1, 0.15) is 0 Å². The topological polar surface area (TPSA) is 66.2 Å². The van der Waals surface area contributed by atoms with Gasteiger partial charge >= 0.3 is 0 Å². The lowest BCUT2D eigenvalue weighted by Gasteiger charge is -2.14. The van der Waals surface area contributed by atoms with Crippen molar-refractivity contribution in [3.8, 4) is 0 Å². The Morgan fingerprint density at radius 2 is 2.33 bits per heavy atom. The molecule has 0 fully saturated rings. The molecule has 7 heteroatoms.